The van der Waals surface area contributed by atoms with E-state index in [0.717, 1.165) is 19.5 Å². The van der Waals surface area contributed by atoms with E-state index in [-0.39, 0.29) is 12.5 Å². The summed E-state index contributed by atoms with van der Waals surface area (Å²) in [5.74, 6) is 1.70. The molecule has 110 valence electrons. The Bertz CT molecular complexity index is 299. The van der Waals surface area contributed by atoms with Gasteiger partial charge in [0, 0.05) is 31.5 Å². The third-order valence-corrected chi connectivity index (χ3v) is 5.08. The number of ketones is 1. The fraction of sp³-hybridized carbons (Fsp3) is 0.938. The van der Waals surface area contributed by atoms with Gasteiger partial charge in [0.15, 0.2) is 0 Å². The third kappa shape index (κ3) is 3.79. The van der Waals surface area contributed by atoms with Crippen molar-refractivity contribution < 1.29 is 9.90 Å². The zero-order valence-corrected chi connectivity index (χ0v) is 12.5. The molecule has 2 aliphatic rings. The van der Waals surface area contributed by atoms with E-state index >= 15 is 0 Å². The van der Waals surface area contributed by atoms with E-state index in [1.54, 1.807) is 0 Å². The van der Waals surface area contributed by atoms with Crippen molar-refractivity contribution in [3.63, 3.8) is 0 Å². The van der Waals surface area contributed by atoms with Gasteiger partial charge in [0.25, 0.3) is 0 Å². The molecule has 0 heterocycles. The maximum atomic E-state index is 12.3. The van der Waals surface area contributed by atoms with Gasteiger partial charge in [-0.25, -0.2) is 0 Å². The third-order valence-electron chi connectivity index (χ3n) is 5.08. The maximum absolute atomic E-state index is 12.3. The van der Waals surface area contributed by atoms with E-state index in [9.17, 15) is 9.90 Å². The van der Waals surface area contributed by atoms with Crippen molar-refractivity contribution in [3.05, 3.63) is 0 Å². The number of Topliss-reactive ketones (excluding diaryl/α,β-unsaturated/α-hetero) is 1. The lowest BCUT2D eigenvalue weighted by Gasteiger charge is -2.37. The summed E-state index contributed by atoms with van der Waals surface area (Å²) in [6.45, 7) is 6.23. The van der Waals surface area contributed by atoms with Gasteiger partial charge in [-0.05, 0) is 31.1 Å². The average molecular weight is 267 g/mol. The molecule has 0 aromatic carbocycles. The molecule has 0 spiro atoms. The van der Waals surface area contributed by atoms with Crippen LogP contribution in [0.4, 0.5) is 0 Å². The summed E-state index contributed by atoms with van der Waals surface area (Å²) in [5.41, 5.74) is 0. The Morgan fingerprint density at radius 1 is 1.26 bits per heavy atom. The number of carbonyl (C=O) groups is 1. The second kappa shape index (κ2) is 6.85. The van der Waals surface area contributed by atoms with Crippen molar-refractivity contribution in [2.75, 3.05) is 19.7 Å². The summed E-state index contributed by atoms with van der Waals surface area (Å²) >= 11 is 0. The number of hydrogen-bond acceptors (Lipinski definition) is 3. The van der Waals surface area contributed by atoms with Gasteiger partial charge in [-0.3, -0.25) is 9.69 Å². The van der Waals surface area contributed by atoms with Crippen molar-refractivity contribution in [2.45, 2.75) is 58.4 Å². The minimum absolute atomic E-state index is 0.198. The van der Waals surface area contributed by atoms with Crippen LogP contribution in [0.1, 0.15) is 52.4 Å². The van der Waals surface area contributed by atoms with Crippen LogP contribution in [0.3, 0.4) is 0 Å². The van der Waals surface area contributed by atoms with Gasteiger partial charge < -0.3 is 5.11 Å². The van der Waals surface area contributed by atoms with Gasteiger partial charge in [-0.15, -0.1) is 0 Å². The Hall–Kier alpha value is -0.410. The van der Waals surface area contributed by atoms with Crippen molar-refractivity contribution in [3.8, 4) is 0 Å². The van der Waals surface area contributed by atoms with Crippen molar-refractivity contribution in [1.82, 2.24) is 4.90 Å². The van der Waals surface area contributed by atoms with Crippen LogP contribution in [0.15, 0.2) is 0 Å². The molecule has 19 heavy (non-hydrogen) atoms. The SMILES string of the molecule is CC1CC(=O)C(CN(CCO)C2CCCC2)C(C)C1. The lowest BCUT2D eigenvalue weighted by molar-refractivity contribution is -0.129. The van der Waals surface area contributed by atoms with Crippen LogP contribution in [0, 0.1) is 17.8 Å². The molecule has 3 atom stereocenters. The minimum Gasteiger partial charge on any atom is -0.395 e. The predicted molar refractivity (Wildman–Crippen MR) is 77.0 cm³/mol. The zero-order chi connectivity index (χ0) is 13.8. The minimum atomic E-state index is 0.198. The molecule has 3 heteroatoms. The molecule has 0 radical (unpaired) electrons. The highest BCUT2D eigenvalue weighted by atomic mass is 16.3. The first kappa shape index (κ1) is 15.0. The number of nitrogens with zero attached hydrogens (tertiary/aromatic N) is 1. The summed E-state index contributed by atoms with van der Waals surface area (Å²) < 4.78 is 0. The van der Waals surface area contributed by atoms with E-state index in [4.69, 9.17) is 0 Å². The van der Waals surface area contributed by atoms with Crippen LogP contribution in [0.5, 0.6) is 0 Å². The van der Waals surface area contributed by atoms with E-state index in [1.165, 1.54) is 32.1 Å². The second-order valence-corrected chi connectivity index (χ2v) is 6.75. The smallest absolute Gasteiger partial charge is 0.137 e. The molecule has 1 N–H and O–H groups in total. The largest absolute Gasteiger partial charge is 0.395 e. The highest BCUT2D eigenvalue weighted by Crippen LogP contribution is 2.33. The lowest BCUT2D eigenvalue weighted by atomic mass is 9.74. The fourth-order valence-corrected chi connectivity index (χ4v) is 4.05. The van der Waals surface area contributed by atoms with Crippen LogP contribution in [0.25, 0.3) is 0 Å². The normalized spacial score (nSPS) is 33.3. The van der Waals surface area contributed by atoms with Gasteiger partial charge in [-0.2, -0.15) is 0 Å². The highest BCUT2D eigenvalue weighted by Gasteiger charge is 2.35. The van der Waals surface area contributed by atoms with E-state index < -0.39 is 0 Å². The molecule has 2 fully saturated rings. The standard InChI is InChI=1S/C16H29NO2/c1-12-9-13(2)15(16(19)10-12)11-17(7-8-18)14-5-3-4-6-14/h12-15,18H,3-11H2,1-2H3. The number of hydrogen-bond donors (Lipinski definition) is 1. The molecule has 0 aliphatic heterocycles. The first-order valence-corrected chi connectivity index (χ1v) is 7.99. The van der Waals surface area contributed by atoms with E-state index in [2.05, 4.69) is 18.7 Å². The van der Waals surface area contributed by atoms with Gasteiger partial charge in [0.2, 0.25) is 0 Å². The Labute approximate surface area is 117 Å². The molecule has 0 aromatic heterocycles. The second-order valence-electron chi connectivity index (χ2n) is 6.75. The molecule has 2 aliphatic carbocycles. The monoisotopic (exact) mass is 267 g/mol. The van der Waals surface area contributed by atoms with Crippen LogP contribution in [0.2, 0.25) is 0 Å². The summed E-state index contributed by atoms with van der Waals surface area (Å²) in [7, 11) is 0. The summed E-state index contributed by atoms with van der Waals surface area (Å²) in [6.07, 6.45) is 7.02. The number of carbonyl (C=O) groups excluding carboxylic acids is 1. The molecule has 0 aromatic rings. The number of aliphatic hydroxyl groups is 1. The summed E-state index contributed by atoms with van der Waals surface area (Å²) in [5, 5.41) is 9.27. The predicted octanol–water partition coefficient (Wildman–Crippen LogP) is 2.47. The average Bonchev–Trinajstić information content (AvgIpc) is 2.85. The van der Waals surface area contributed by atoms with Gasteiger partial charge in [0.05, 0.1) is 6.61 Å². The van der Waals surface area contributed by atoms with Gasteiger partial charge in [-0.1, -0.05) is 26.7 Å². The molecule has 2 rings (SSSR count). The quantitative estimate of drug-likeness (QED) is 0.832. The first-order valence-electron chi connectivity index (χ1n) is 7.99. The van der Waals surface area contributed by atoms with Crippen LogP contribution < -0.4 is 0 Å². The first-order chi connectivity index (χ1) is 9.11. The molecule has 3 unspecified atom stereocenters. The molecule has 3 nitrogen and oxygen atoms in total. The Morgan fingerprint density at radius 3 is 2.53 bits per heavy atom. The molecular formula is C16H29NO2. The molecule has 0 saturated heterocycles. The summed E-state index contributed by atoms with van der Waals surface area (Å²) in [4.78, 5) is 14.7. The van der Waals surface area contributed by atoms with Crippen molar-refractivity contribution >= 4 is 5.78 Å². The fourth-order valence-electron chi connectivity index (χ4n) is 4.05. The van der Waals surface area contributed by atoms with Gasteiger partial charge in [0.1, 0.15) is 5.78 Å². The molecular weight excluding hydrogens is 238 g/mol. The maximum Gasteiger partial charge on any atom is 0.137 e. The summed E-state index contributed by atoms with van der Waals surface area (Å²) in [6, 6.07) is 0.603. The van der Waals surface area contributed by atoms with Crippen molar-refractivity contribution in [2.24, 2.45) is 17.8 Å². The Kier molecular flexibility index (Phi) is 5.40. The zero-order valence-electron chi connectivity index (χ0n) is 12.5. The number of aliphatic hydroxyl groups excluding tert-OH is 1. The molecule has 0 amide bonds. The van der Waals surface area contributed by atoms with E-state index in [0.29, 0.717) is 23.7 Å². The highest BCUT2D eigenvalue weighted by molar-refractivity contribution is 5.82. The Balaban J connectivity index is 1.97. The molecule has 0 bridgehead atoms. The van der Waals surface area contributed by atoms with Crippen molar-refractivity contribution in [1.29, 1.82) is 0 Å². The molecule has 2 saturated carbocycles. The lowest BCUT2D eigenvalue weighted by Crippen LogP contribution is -2.44. The van der Waals surface area contributed by atoms with Gasteiger partial charge >= 0.3 is 0 Å². The van der Waals surface area contributed by atoms with Crippen LogP contribution in [-0.4, -0.2) is 41.5 Å². The topological polar surface area (TPSA) is 40.5 Å². The number of rotatable bonds is 5. The van der Waals surface area contributed by atoms with E-state index in [1.807, 2.05) is 0 Å². The van der Waals surface area contributed by atoms with Crippen LogP contribution in [-0.2, 0) is 4.79 Å². The Morgan fingerprint density at radius 2 is 1.95 bits per heavy atom. The van der Waals surface area contributed by atoms with Crippen LogP contribution >= 0.6 is 0 Å².